The quantitative estimate of drug-likeness (QED) is 0.658. The highest BCUT2D eigenvalue weighted by Crippen LogP contribution is 2.26. The first-order valence-electron chi connectivity index (χ1n) is 8.21. The van der Waals surface area contributed by atoms with Crippen LogP contribution >= 0.6 is 24.2 Å². The molecule has 7 nitrogen and oxygen atoms in total. The Balaban J connectivity index is 0.00000312. The van der Waals surface area contributed by atoms with Gasteiger partial charge in [0.05, 0.1) is 11.0 Å². The van der Waals surface area contributed by atoms with E-state index < -0.39 is 0 Å². The number of carbonyl (C=O) groups is 2. The van der Waals surface area contributed by atoms with E-state index in [2.05, 4.69) is 28.0 Å². The number of piperidine rings is 1. The summed E-state index contributed by atoms with van der Waals surface area (Å²) < 4.78 is 4.90. The lowest BCUT2D eigenvalue weighted by molar-refractivity contribution is -0.119. The first kappa shape index (κ1) is 21.8. The fourth-order valence-electron chi connectivity index (χ4n) is 2.50. The van der Waals surface area contributed by atoms with Gasteiger partial charge in [-0.15, -0.1) is 24.2 Å². The monoisotopic (exact) mass is 390 g/mol. The number of carbonyl (C=O) groups excluding carboxylic acids is 2. The van der Waals surface area contributed by atoms with Gasteiger partial charge in [0, 0.05) is 12.6 Å². The average Bonchev–Trinajstić information content (AvgIpc) is 2.96. The molecule has 1 aromatic heterocycles. The largest absolute Gasteiger partial charge is 0.360 e. The lowest BCUT2D eigenvalue weighted by atomic mass is 9.81. The Hall–Kier alpha value is -1.25. The number of thioether (sulfide) groups is 1. The van der Waals surface area contributed by atoms with Gasteiger partial charge in [-0.1, -0.05) is 12.1 Å². The second-order valence-corrected chi connectivity index (χ2v) is 7.93. The third-order valence-electron chi connectivity index (χ3n) is 4.24. The van der Waals surface area contributed by atoms with Crippen LogP contribution in [0.25, 0.3) is 0 Å². The normalized spacial score (nSPS) is 17.2. The molecule has 1 atom stereocenters. The van der Waals surface area contributed by atoms with E-state index >= 15 is 0 Å². The maximum Gasteiger partial charge on any atom is 0.238 e. The second kappa shape index (κ2) is 10.0. The van der Waals surface area contributed by atoms with Crippen LogP contribution in [0.5, 0.6) is 0 Å². The van der Waals surface area contributed by atoms with E-state index in [0.29, 0.717) is 18.1 Å². The van der Waals surface area contributed by atoms with Crippen molar-refractivity contribution < 1.29 is 14.1 Å². The smallest absolute Gasteiger partial charge is 0.238 e. The number of nitrogens with zero attached hydrogens (tertiary/aromatic N) is 1. The summed E-state index contributed by atoms with van der Waals surface area (Å²) in [5, 5.41) is 12.4. The molecular weight excluding hydrogens is 364 g/mol. The van der Waals surface area contributed by atoms with Crippen LogP contribution in [0.4, 0.5) is 5.82 Å². The molecule has 0 aromatic carbocycles. The second-order valence-electron chi connectivity index (χ2n) is 6.60. The van der Waals surface area contributed by atoms with Crippen LogP contribution in [-0.4, -0.2) is 47.6 Å². The molecule has 9 heteroatoms. The average molecular weight is 391 g/mol. The van der Waals surface area contributed by atoms with E-state index in [4.69, 9.17) is 4.52 Å². The number of aryl methyl sites for hydroxylation is 1. The van der Waals surface area contributed by atoms with Crippen LogP contribution in [-0.2, 0) is 9.59 Å². The fourth-order valence-corrected chi connectivity index (χ4v) is 3.21. The van der Waals surface area contributed by atoms with E-state index in [1.165, 1.54) is 11.8 Å². The molecular formula is C16H27ClN4O3S. The number of anilines is 1. The Morgan fingerprint density at radius 3 is 2.72 bits per heavy atom. The molecule has 2 heterocycles. The molecule has 1 aliphatic rings. The van der Waals surface area contributed by atoms with Crippen molar-refractivity contribution in [1.29, 1.82) is 0 Å². The van der Waals surface area contributed by atoms with Gasteiger partial charge in [0.15, 0.2) is 5.82 Å². The summed E-state index contributed by atoms with van der Waals surface area (Å²) in [6.07, 6.45) is 2.13. The number of rotatable bonds is 7. The van der Waals surface area contributed by atoms with Crippen LogP contribution in [0.1, 0.15) is 32.4 Å². The van der Waals surface area contributed by atoms with Crippen molar-refractivity contribution in [3.05, 3.63) is 11.8 Å². The number of hydrogen-bond donors (Lipinski definition) is 3. The molecule has 0 bridgehead atoms. The molecule has 1 saturated heterocycles. The zero-order chi connectivity index (χ0) is 17.6. The zero-order valence-electron chi connectivity index (χ0n) is 14.9. The molecule has 0 saturated carbocycles. The number of nitrogens with one attached hydrogen (secondary N) is 3. The van der Waals surface area contributed by atoms with Crippen molar-refractivity contribution in [3.8, 4) is 0 Å². The zero-order valence-corrected chi connectivity index (χ0v) is 16.5. The van der Waals surface area contributed by atoms with Crippen molar-refractivity contribution in [2.24, 2.45) is 5.41 Å². The van der Waals surface area contributed by atoms with E-state index in [0.717, 1.165) is 25.9 Å². The van der Waals surface area contributed by atoms with Crippen LogP contribution < -0.4 is 16.0 Å². The van der Waals surface area contributed by atoms with Crippen LogP contribution in [0.2, 0.25) is 0 Å². The van der Waals surface area contributed by atoms with Crippen molar-refractivity contribution in [2.75, 3.05) is 30.7 Å². The molecule has 2 rings (SSSR count). The Labute approximate surface area is 158 Å². The minimum absolute atomic E-state index is 0. The molecule has 1 unspecified atom stereocenters. The maximum atomic E-state index is 12.0. The number of halogens is 1. The molecule has 142 valence electrons. The molecule has 3 N–H and O–H groups in total. The van der Waals surface area contributed by atoms with Crippen LogP contribution in [0.3, 0.4) is 0 Å². The molecule has 1 aliphatic heterocycles. The summed E-state index contributed by atoms with van der Waals surface area (Å²) in [5.74, 6) is 1.08. The van der Waals surface area contributed by atoms with Crippen molar-refractivity contribution in [3.63, 3.8) is 0 Å². The third kappa shape index (κ3) is 7.25. The summed E-state index contributed by atoms with van der Waals surface area (Å²) in [6.45, 7) is 8.42. The lowest BCUT2D eigenvalue weighted by Crippen LogP contribution is -2.43. The number of amides is 2. The van der Waals surface area contributed by atoms with Gasteiger partial charge in [-0.05, 0) is 45.2 Å². The molecule has 1 fully saturated rings. The van der Waals surface area contributed by atoms with Gasteiger partial charge < -0.3 is 20.5 Å². The highest BCUT2D eigenvalue weighted by atomic mass is 35.5. The molecule has 0 radical (unpaired) electrons. The van der Waals surface area contributed by atoms with Crippen molar-refractivity contribution in [2.45, 2.75) is 38.9 Å². The predicted molar refractivity (Wildman–Crippen MR) is 102 cm³/mol. The predicted octanol–water partition coefficient (Wildman–Crippen LogP) is 1.97. The molecule has 1 aromatic rings. The van der Waals surface area contributed by atoms with Crippen LogP contribution in [0, 0.1) is 12.3 Å². The van der Waals surface area contributed by atoms with E-state index in [-0.39, 0.29) is 40.6 Å². The number of aromatic nitrogens is 1. The summed E-state index contributed by atoms with van der Waals surface area (Å²) >= 11 is 1.31. The Morgan fingerprint density at radius 2 is 2.12 bits per heavy atom. The first-order chi connectivity index (χ1) is 11.4. The topological polar surface area (TPSA) is 96.3 Å². The van der Waals surface area contributed by atoms with E-state index in [1.54, 1.807) is 19.9 Å². The van der Waals surface area contributed by atoms with Gasteiger partial charge in [-0.25, -0.2) is 0 Å². The Bertz CT molecular complexity index is 575. The fraction of sp³-hybridized carbons (Fsp3) is 0.688. The molecule has 2 amide bonds. The highest BCUT2D eigenvalue weighted by Gasteiger charge is 2.27. The lowest BCUT2D eigenvalue weighted by Gasteiger charge is -2.34. The Kier molecular flexibility index (Phi) is 8.75. The molecule has 25 heavy (non-hydrogen) atoms. The minimum Gasteiger partial charge on any atom is -0.360 e. The Morgan fingerprint density at radius 1 is 1.44 bits per heavy atom. The van der Waals surface area contributed by atoms with Crippen molar-refractivity contribution in [1.82, 2.24) is 15.8 Å². The van der Waals surface area contributed by atoms with E-state index in [9.17, 15) is 9.59 Å². The minimum atomic E-state index is -0.345. The standard InChI is InChI=1S/C16H26N4O3S.ClH/c1-11-8-13(20-23-11)19-15(22)12(2)24-9-14(21)18-10-16(3)4-6-17-7-5-16;/h8,12,17H,4-7,9-10H2,1-3H3,(H,18,21)(H,19,20,22);1H. The summed E-state index contributed by atoms with van der Waals surface area (Å²) in [4.78, 5) is 24.0. The van der Waals surface area contributed by atoms with Gasteiger partial charge >= 0.3 is 0 Å². The van der Waals surface area contributed by atoms with Gasteiger partial charge in [-0.2, -0.15) is 0 Å². The van der Waals surface area contributed by atoms with Gasteiger partial charge in [0.2, 0.25) is 11.8 Å². The van der Waals surface area contributed by atoms with Gasteiger partial charge in [-0.3, -0.25) is 9.59 Å². The summed E-state index contributed by atoms with van der Waals surface area (Å²) in [7, 11) is 0. The summed E-state index contributed by atoms with van der Waals surface area (Å²) in [6, 6.07) is 1.65. The first-order valence-corrected chi connectivity index (χ1v) is 9.26. The van der Waals surface area contributed by atoms with Crippen molar-refractivity contribution >= 4 is 41.8 Å². The third-order valence-corrected chi connectivity index (χ3v) is 5.38. The van der Waals surface area contributed by atoms with Crippen LogP contribution in [0.15, 0.2) is 10.6 Å². The molecule has 0 aliphatic carbocycles. The highest BCUT2D eigenvalue weighted by molar-refractivity contribution is 8.01. The SMILES string of the molecule is Cc1cc(NC(=O)C(C)SCC(=O)NCC2(C)CCNCC2)no1.Cl. The van der Waals surface area contributed by atoms with E-state index in [1.807, 2.05) is 0 Å². The summed E-state index contributed by atoms with van der Waals surface area (Å²) in [5.41, 5.74) is 0.166. The molecule has 0 spiro atoms. The maximum absolute atomic E-state index is 12.0. The van der Waals surface area contributed by atoms with Gasteiger partial charge in [0.25, 0.3) is 0 Å². The van der Waals surface area contributed by atoms with Gasteiger partial charge in [0.1, 0.15) is 5.76 Å². The number of hydrogen-bond acceptors (Lipinski definition) is 6.